The Labute approximate surface area is 88.3 Å². The van der Waals surface area contributed by atoms with Crippen molar-refractivity contribution < 1.29 is 76.3 Å². The molecule has 0 aromatic heterocycles. The Morgan fingerprint density at radius 1 is 1.14 bits per heavy atom. The van der Waals surface area contributed by atoms with Crippen LogP contribution in [0.5, 0.6) is 0 Å². The van der Waals surface area contributed by atoms with Crippen molar-refractivity contribution in [2.45, 2.75) is 0 Å². The maximum atomic E-state index is 8.95. The predicted octanol–water partition coefficient (Wildman–Crippen LogP) is -6.45. The molecule has 3 nitrogen and oxygen atoms in total. The van der Waals surface area contributed by atoms with Crippen LogP contribution in [0.25, 0.3) is 0 Å². The monoisotopic (exact) mass is 122 g/mol. The molecular formula is C2H4Na2O3. The van der Waals surface area contributed by atoms with Gasteiger partial charge >= 0.3 is 72.1 Å². The van der Waals surface area contributed by atoms with Gasteiger partial charge in [-0.1, -0.05) is 0 Å². The Morgan fingerprint density at radius 2 is 1.43 bits per heavy atom. The van der Waals surface area contributed by atoms with Crippen molar-refractivity contribution in [3.05, 3.63) is 0 Å². The SMILES string of the molecule is O=COC=O.[H-].[H-].[Na+].[Na+]. The number of hydrogen-bond donors (Lipinski definition) is 0. The molecule has 32 valence electrons. The Bertz CT molecular complexity index is 47.1. The van der Waals surface area contributed by atoms with E-state index in [0.29, 0.717) is 0 Å². The molecule has 0 heterocycles. The van der Waals surface area contributed by atoms with E-state index in [1.54, 1.807) is 0 Å². The van der Waals surface area contributed by atoms with E-state index in [1.165, 1.54) is 0 Å². The van der Waals surface area contributed by atoms with Crippen LogP contribution in [0, 0.1) is 0 Å². The average molecular weight is 122 g/mol. The summed E-state index contributed by atoms with van der Waals surface area (Å²) in [4.78, 5) is 17.9. The molecule has 0 radical (unpaired) electrons. The normalized spacial score (nSPS) is 4.00. The van der Waals surface area contributed by atoms with Crippen molar-refractivity contribution in [1.82, 2.24) is 0 Å². The van der Waals surface area contributed by atoms with Gasteiger partial charge in [0.15, 0.2) is 0 Å². The molecule has 5 heteroatoms. The molecule has 0 fully saturated rings. The molecule has 7 heavy (non-hydrogen) atoms. The first-order valence-electron chi connectivity index (χ1n) is 0.943. The van der Waals surface area contributed by atoms with Crippen LogP contribution in [0.2, 0.25) is 0 Å². The minimum atomic E-state index is 0. The quantitative estimate of drug-likeness (QED) is 0.208. The van der Waals surface area contributed by atoms with Crippen molar-refractivity contribution in [2.24, 2.45) is 0 Å². The second-order valence-electron chi connectivity index (χ2n) is 0.329. The number of carbonyl (C=O) groups is 2. The molecule has 0 spiro atoms. The first kappa shape index (κ1) is 15.7. The molecular weight excluding hydrogens is 118 g/mol. The third kappa shape index (κ3) is 19.1. The van der Waals surface area contributed by atoms with Gasteiger partial charge in [-0.3, -0.25) is 9.59 Å². The summed E-state index contributed by atoms with van der Waals surface area (Å²) in [6.45, 7) is 0.125. The number of hydrogen-bond acceptors (Lipinski definition) is 3. The van der Waals surface area contributed by atoms with Crippen LogP contribution >= 0.6 is 0 Å². The Kier molecular flexibility index (Phi) is 35.2. The first-order valence-corrected chi connectivity index (χ1v) is 0.943. The van der Waals surface area contributed by atoms with Crippen LogP contribution in [-0.4, -0.2) is 12.9 Å². The maximum absolute atomic E-state index is 8.95. The minimum absolute atomic E-state index is 0. The average Bonchev–Trinajstić information content (AvgIpc) is 1.41. The summed E-state index contributed by atoms with van der Waals surface area (Å²) in [6, 6.07) is 0. The first-order chi connectivity index (χ1) is 2.41. The summed E-state index contributed by atoms with van der Waals surface area (Å²) in [5, 5.41) is 0. The molecule has 0 N–H and O–H groups in total. The zero-order chi connectivity index (χ0) is 4.12. The third-order valence-corrected chi connectivity index (χ3v) is 0.111. The topological polar surface area (TPSA) is 43.4 Å². The molecule has 0 atom stereocenters. The van der Waals surface area contributed by atoms with E-state index in [2.05, 4.69) is 4.74 Å². The summed E-state index contributed by atoms with van der Waals surface area (Å²) in [7, 11) is 0. The van der Waals surface area contributed by atoms with E-state index in [4.69, 9.17) is 9.59 Å². The van der Waals surface area contributed by atoms with Crippen LogP contribution in [0.15, 0.2) is 0 Å². The number of rotatable bonds is 2. The Morgan fingerprint density at radius 3 is 1.43 bits per heavy atom. The molecule has 0 aromatic rings. The van der Waals surface area contributed by atoms with Gasteiger partial charge in [0.2, 0.25) is 0 Å². The molecule has 0 saturated carbocycles. The molecule has 0 saturated heterocycles. The zero-order valence-corrected chi connectivity index (χ0v) is 8.38. The van der Waals surface area contributed by atoms with Crippen LogP contribution in [-0.2, 0) is 14.3 Å². The van der Waals surface area contributed by atoms with Crippen molar-refractivity contribution in [2.75, 3.05) is 0 Å². The second-order valence-corrected chi connectivity index (χ2v) is 0.329. The molecule has 0 rings (SSSR count). The van der Waals surface area contributed by atoms with Gasteiger partial charge in [0.25, 0.3) is 0 Å². The summed E-state index contributed by atoms with van der Waals surface area (Å²) < 4.78 is 3.47. The fourth-order valence-electron chi connectivity index (χ4n) is 0.0227. The van der Waals surface area contributed by atoms with Crippen molar-refractivity contribution in [1.29, 1.82) is 0 Å². The van der Waals surface area contributed by atoms with Gasteiger partial charge in [0.1, 0.15) is 0 Å². The summed E-state index contributed by atoms with van der Waals surface area (Å²) >= 11 is 0. The van der Waals surface area contributed by atoms with Crippen LogP contribution in [0.3, 0.4) is 0 Å². The molecule has 0 amide bonds. The van der Waals surface area contributed by atoms with E-state index in [0.717, 1.165) is 0 Å². The number of ether oxygens (including phenoxy) is 1. The third-order valence-electron chi connectivity index (χ3n) is 0.111. The van der Waals surface area contributed by atoms with Gasteiger partial charge < -0.3 is 7.59 Å². The summed E-state index contributed by atoms with van der Waals surface area (Å²) in [5.74, 6) is 0. The molecule has 0 unspecified atom stereocenters. The van der Waals surface area contributed by atoms with Crippen molar-refractivity contribution >= 4 is 12.9 Å². The molecule has 0 aliphatic rings. The van der Waals surface area contributed by atoms with E-state index in [-0.39, 0.29) is 74.9 Å². The van der Waals surface area contributed by atoms with Gasteiger partial charge in [-0.25, -0.2) is 0 Å². The largest absolute Gasteiger partial charge is 1.00 e. The van der Waals surface area contributed by atoms with Crippen LogP contribution in [0.4, 0.5) is 0 Å². The van der Waals surface area contributed by atoms with Crippen LogP contribution < -0.4 is 59.1 Å². The van der Waals surface area contributed by atoms with Crippen molar-refractivity contribution in [3.8, 4) is 0 Å². The second kappa shape index (κ2) is 15.7. The van der Waals surface area contributed by atoms with E-state index in [9.17, 15) is 0 Å². The maximum Gasteiger partial charge on any atom is 1.00 e. The van der Waals surface area contributed by atoms with Crippen molar-refractivity contribution in [3.63, 3.8) is 0 Å². The summed E-state index contributed by atoms with van der Waals surface area (Å²) in [6.07, 6.45) is 0. The minimum Gasteiger partial charge on any atom is -1.00 e. The summed E-state index contributed by atoms with van der Waals surface area (Å²) in [5.41, 5.74) is 0. The smallest absolute Gasteiger partial charge is 1.00 e. The molecule has 0 bridgehead atoms. The van der Waals surface area contributed by atoms with Gasteiger partial charge in [-0.05, 0) is 0 Å². The fraction of sp³-hybridized carbons (Fsp3) is 0. The van der Waals surface area contributed by atoms with E-state index in [1.807, 2.05) is 0 Å². The van der Waals surface area contributed by atoms with Crippen LogP contribution in [0.1, 0.15) is 2.85 Å². The Balaban J connectivity index is -0.0000000133. The fourth-order valence-corrected chi connectivity index (χ4v) is 0.0227. The molecule has 0 aliphatic carbocycles. The van der Waals surface area contributed by atoms with E-state index >= 15 is 0 Å². The van der Waals surface area contributed by atoms with Gasteiger partial charge in [-0.2, -0.15) is 0 Å². The standard InChI is InChI=1S/C2H2O3.2Na.2H/c3-1-5-2-4;;;;/h1-2H;;;;/q;2*+1;2*-1. The predicted molar refractivity (Wildman–Crippen MR) is 15.4 cm³/mol. The molecule has 0 aromatic carbocycles. The number of carbonyl (C=O) groups excluding carboxylic acids is 2. The van der Waals surface area contributed by atoms with Gasteiger partial charge in [-0.15, -0.1) is 0 Å². The van der Waals surface area contributed by atoms with E-state index < -0.39 is 0 Å². The van der Waals surface area contributed by atoms with Gasteiger partial charge in [0.05, 0.1) is 0 Å². The molecule has 0 aliphatic heterocycles. The van der Waals surface area contributed by atoms with Gasteiger partial charge in [0, 0.05) is 0 Å². The Hall–Kier alpha value is 1.14. The zero-order valence-electron chi connectivity index (χ0n) is 6.38.